The number of carbonyl (C=O) groups is 3. The van der Waals surface area contributed by atoms with Crippen molar-refractivity contribution in [1.29, 1.82) is 0 Å². The van der Waals surface area contributed by atoms with Crippen molar-refractivity contribution in [3.05, 3.63) is 35.9 Å². The Morgan fingerprint density at radius 2 is 1.97 bits per heavy atom. The Balaban J connectivity index is 1.61. The summed E-state index contributed by atoms with van der Waals surface area (Å²) in [7, 11) is 1.96. The van der Waals surface area contributed by atoms with Crippen LogP contribution in [0.5, 0.6) is 0 Å². The van der Waals surface area contributed by atoms with Crippen molar-refractivity contribution in [1.82, 2.24) is 14.7 Å². The maximum Gasteiger partial charge on any atom is 0.410 e. The summed E-state index contributed by atoms with van der Waals surface area (Å²) >= 11 is 1.50. The molecule has 36 heavy (non-hydrogen) atoms. The first-order valence-electron chi connectivity index (χ1n) is 12.2. The lowest BCUT2D eigenvalue weighted by Crippen LogP contribution is -2.63. The molecule has 0 aromatic carbocycles. The van der Waals surface area contributed by atoms with Gasteiger partial charge in [0.1, 0.15) is 24.7 Å². The lowest BCUT2D eigenvalue weighted by Gasteiger charge is -2.46. The second-order valence-electron chi connectivity index (χ2n) is 9.52. The quantitative estimate of drug-likeness (QED) is 0.279. The van der Waals surface area contributed by atoms with Crippen molar-refractivity contribution in [2.24, 2.45) is 16.8 Å². The van der Waals surface area contributed by atoms with Crippen LogP contribution in [0.25, 0.3) is 0 Å². The predicted octanol–water partition coefficient (Wildman–Crippen LogP) is 1.63. The number of hydrogen-bond acceptors (Lipinski definition) is 9. The fraction of sp³-hybridized carbons (Fsp3) is 0.600. The first-order chi connectivity index (χ1) is 17.2. The van der Waals surface area contributed by atoms with E-state index in [0.717, 1.165) is 17.3 Å². The molecule has 10 nitrogen and oxygen atoms in total. The molecule has 0 saturated carbocycles. The number of β-lactam (4-membered cyclic amide) rings is 1. The minimum atomic E-state index is -0.821. The number of aliphatic imine (C=N–C) groups is 1. The lowest BCUT2D eigenvalue weighted by atomic mass is 9.79. The fourth-order valence-electron chi connectivity index (χ4n) is 5.50. The Bertz CT molecular complexity index is 1010. The zero-order valence-electron chi connectivity index (χ0n) is 21.0. The van der Waals surface area contributed by atoms with Crippen LogP contribution < -0.4 is 0 Å². The molecule has 0 bridgehead atoms. The number of likely N-dealkylation sites (N-methyl/N-ethyl adjacent to an activating group) is 1. The van der Waals surface area contributed by atoms with Crippen molar-refractivity contribution in [2.75, 3.05) is 39.9 Å². The number of fused-ring (bicyclic) bond motifs is 1. The second kappa shape index (κ2) is 10.7. The summed E-state index contributed by atoms with van der Waals surface area (Å²) in [5.41, 5.74) is 0.237. The number of thioether (sulfide) groups is 1. The van der Waals surface area contributed by atoms with Gasteiger partial charge in [0.15, 0.2) is 0 Å². The van der Waals surface area contributed by atoms with Gasteiger partial charge in [-0.05, 0) is 13.3 Å². The van der Waals surface area contributed by atoms with E-state index in [4.69, 9.17) is 9.47 Å². The zero-order valence-corrected chi connectivity index (χ0v) is 21.8. The minimum absolute atomic E-state index is 0.0295. The maximum absolute atomic E-state index is 13.0. The summed E-state index contributed by atoms with van der Waals surface area (Å²) in [6.07, 6.45) is 2.38. The molecule has 0 aliphatic carbocycles. The fourth-order valence-corrected chi connectivity index (χ4v) is 7.02. The van der Waals surface area contributed by atoms with Gasteiger partial charge in [-0.2, -0.15) is 0 Å². The van der Waals surface area contributed by atoms with Crippen LogP contribution in [-0.4, -0.2) is 107 Å². The number of aliphatic hydroxyl groups excluding tert-OH is 1. The van der Waals surface area contributed by atoms with Crippen LogP contribution in [0.2, 0.25) is 0 Å². The van der Waals surface area contributed by atoms with E-state index in [1.54, 1.807) is 11.8 Å². The van der Waals surface area contributed by atoms with Crippen LogP contribution in [0.15, 0.2) is 40.9 Å². The van der Waals surface area contributed by atoms with Crippen LogP contribution >= 0.6 is 11.8 Å². The Hall–Kier alpha value is -2.79. The topological polar surface area (TPSA) is 112 Å². The standard InChI is InChI=1S/C25H34N4O6S/c1-6-10-34-24(32)20-21(14(3)19-18(15(4)30)23(31)29(19)20)36-16-12-17(22-26-8-9-27(22)5)28(13-16)25(33)35-11-7-2/h6-7,14-19,30H,1-2,8-13H2,3-5H3. The van der Waals surface area contributed by atoms with E-state index in [1.165, 1.54) is 28.8 Å². The van der Waals surface area contributed by atoms with Gasteiger partial charge >= 0.3 is 12.1 Å². The minimum Gasteiger partial charge on any atom is -0.457 e. The Morgan fingerprint density at radius 3 is 2.58 bits per heavy atom. The molecule has 196 valence electrons. The maximum atomic E-state index is 13.0. The van der Waals surface area contributed by atoms with Crippen molar-refractivity contribution >= 4 is 35.6 Å². The molecule has 0 aromatic heterocycles. The molecule has 4 heterocycles. The molecule has 4 aliphatic heterocycles. The van der Waals surface area contributed by atoms with Gasteiger partial charge < -0.3 is 24.4 Å². The van der Waals surface area contributed by atoms with E-state index in [-0.39, 0.29) is 48.1 Å². The van der Waals surface area contributed by atoms with E-state index >= 15 is 0 Å². The average Bonchev–Trinajstić information content (AvgIpc) is 3.51. The van der Waals surface area contributed by atoms with Gasteiger partial charge in [-0.3, -0.25) is 14.7 Å². The third kappa shape index (κ3) is 4.54. The summed E-state index contributed by atoms with van der Waals surface area (Å²) in [6.45, 7) is 12.8. The van der Waals surface area contributed by atoms with Crippen LogP contribution in [0, 0.1) is 11.8 Å². The van der Waals surface area contributed by atoms with Crippen LogP contribution in [0.3, 0.4) is 0 Å². The van der Waals surface area contributed by atoms with Gasteiger partial charge in [0.25, 0.3) is 0 Å². The molecule has 0 aromatic rings. The molecule has 2 amide bonds. The van der Waals surface area contributed by atoms with Gasteiger partial charge in [0.05, 0.1) is 30.7 Å². The van der Waals surface area contributed by atoms with E-state index in [0.29, 0.717) is 19.5 Å². The smallest absolute Gasteiger partial charge is 0.410 e. The lowest BCUT2D eigenvalue weighted by molar-refractivity contribution is -0.164. The SMILES string of the molecule is C=CCOC(=O)C1=C(SC2CC(C3=NCCN3C)N(C(=O)OCC=C)C2)C(C)C2C(C(C)O)C(=O)N12. The number of likely N-dealkylation sites (tertiary alicyclic amines) is 1. The summed E-state index contributed by atoms with van der Waals surface area (Å²) in [4.78, 5) is 49.4. The van der Waals surface area contributed by atoms with Crippen molar-refractivity contribution < 1.29 is 29.0 Å². The molecule has 6 atom stereocenters. The molecule has 4 aliphatic rings. The molecule has 0 spiro atoms. The first-order valence-corrected chi connectivity index (χ1v) is 13.1. The van der Waals surface area contributed by atoms with Gasteiger partial charge in [-0.1, -0.05) is 32.2 Å². The number of aliphatic hydroxyl groups is 1. The molecular weight excluding hydrogens is 484 g/mol. The molecule has 4 rings (SSSR count). The highest BCUT2D eigenvalue weighted by atomic mass is 32.2. The Morgan fingerprint density at radius 1 is 1.28 bits per heavy atom. The van der Waals surface area contributed by atoms with Crippen LogP contribution in [0.4, 0.5) is 4.79 Å². The number of ether oxygens (including phenoxy) is 2. The largest absolute Gasteiger partial charge is 0.457 e. The Labute approximate surface area is 215 Å². The first kappa shape index (κ1) is 26.3. The molecular formula is C25H34N4O6S. The van der Waals surface area contributed by atoms with E-state index in [9.17, 15) is 19.5 Å². The number of hydrogen-bond donors (Lipinski definition) is 1. The number of nitrogens with zero attached hydrogens (tertiary/aromatic N) is 4. The van der Waals surface area contributed by atoms with Gasteiger partial charge in [-0.15, -0.1) is 11.8 Å². The van der Waals surface area contributed by atoms with Crippen molar-refractivity contribution in [3.8, 4) is 0 Å². The number of rotatable bonds is 9. The zero-order chi connectivity index (χ0) is 26.1. The highest BCUT2D eigenvalue weighted by Crippen LogP contribution is 2.52. The molecule has 0 radical (unpaired) electrons. The third-order valence-corrected chi connectivity index (χ3v) is 8.64. The second-order valence-corrected chi connectivity index (χ2v) is 10.9. The van der Waals surface area contributed by atoms with Crippen LogP contribution in [0.1, 0.15) is 20.3 Å². The summed E-state index contributed by atoms with van der Waals surface area (Å²) in [5, 5.41) is 10.2. The number of amidine groups is 1. The third-order valence-electron chi connectivity index (χ3n) is 7.15. The summed E-state index contributed by atoms with van der Waals surface area (Å²) < 4.78 is 10.7. The molecule has 2 saturated heterocycles. The van der Waals surface area contributed by atoms with Gasteiger partial charge in [0.2, 0.25) is 5.91 Å². The number of amides is 2. The molecule has 1 N–H and O–H groups in total. The highest BCUT2D eigenvalue weighted by molar-refractivity contribution is 8.03. The van der Waals surface area contributed by atoms with E-state index < -0.39 is 24.1 Å². The normalized spacial score (nSPS) is 30.1. The number of carbonyl (C=O) groups excluding carboxylic acids is 3. The van der Waals surface area contributed by atoms with Crippen LogP contribution in [-0.2, 0) is 19.1 Å². The van der Waals surface area contributed by atoms with Gasteiger partial charge in [0, 0.05) is 36.2 Å². The molecule has 6 unspecified atom stereocenters. The van der Waals surface area contributed by atoms with Crippen molar-refractivity contribution in [3.63, 3.8) is 0 Å². The molecule has 2 fully saturated rings. The summed E-state index contributed by atoms with van der Waals surface area (Å²) in [5.74, 6) is -0.737. The van der Waals surface area contributed by atoms with Crippen molar-refractivity contribution in [2.45, 2.75) is 43.7 Å². The van der Waals surface area contributed by atoms with Gasteiger partial charge in [-0.25, -0.2) is 9.59 Å². The van der Waals surface area contributed by atoms with E-state index in [1.807, 2.05) is 14.0 Å². The molecule has 11 heteroatoms. The highest BCUT2D eigenvalue weighted by Gasteiger charge is 2.60. The summed E-state index contributed by atoms with van der Waals surface area (Å²) in [6, 6.07) is -0.549. The number of esters is 1. The Kier molecular flexibility index (Phi) is 7.79. The predicted molar refractivity (Wildman–Crippen MR) is 136 cm³/mol. The monoisotopic (exact) mass is 518 g/mol. The average molecular weight is 519 g/mol. The van der Waals surface area contributed by atoms with E-state index in [2.05, 4.69) is 23.1 Å².